The molecule has 3 aromatic carbocycles. The SMILES string of the molecule is CCCC(=O)Nc1cccc(NC(=O)CNc2cccc(OCCCc3ccccc3)c2)c1. The van der Waals surface area contributed by atoms with Crippen molar-refractivity contribution in [1.82, 2.24) is 0 Å². The number of ether oxygens (including phenoxy) is 1. The first-order valence-electron chi connectivity index (χ1n) is 11.3. The van der Waals surface area contributed by atoms with Gasteiger partial charge in [0.15, 0.2) is 0 Å². The van der Waals surface area contributed by atoms with E-state index in [2.05, 4.69) is 28.1 Å². The van der Waals surface area contributed by atoms with Crippen molar-refractivity contribution in [3.05, 3.63) is 84.4 Å². The second-order valence-corrected chi connectivity index (χ2v) is 7.75. The molecular weight excluding hydrogens is 414 g/mol. The van der Waals surface area contributed by atoms with Gasteiger partial charge < -0.3 is 20.7 Å². The number of anilines is 3. The zero-order valence-electron chi connectivity index (χ0n) is 19.0. The Morgan fingerprint density at radius 1 is 0.788 bits per heavy atom. The van der Waals surface area contributed by atoms with E-state index < -0.39 is 0 Å². The number of carbonyl (C=O) groups excluding carboxylic acids is 2. The lowest BCUT2D eigenvalue weighted by atomic mass is 10.1. The summed E-state index contributed by atoms with van der Waals surface area (Å²) in [5, 5.41) is 8.80. The molecule has 0 aliphatic carbocycles. The van der Waals surface area contributed by atoms with Crippen LogP contribution in [0.25, 0.3) is 0 Å². The fourth-order valence-electron chi connectivity index (χ4n) is 3.32. The first kappa shape index (κ1) is 23.9. The van der Waals surface area contributed by atoms with Gasteiger partial charge in [-0.1, -0.05) is 49.4 Å². The Morgan fingerprint density at radius 2 is 1.48 bits per heavy atom. The molecule has 0 bridgehead atoms. The number of aryl methyl sites for hydroxylation is 1. The van der Waals surface area contributed by atoms with E-state index in [1.807, 2.05) is 49.4 Å². The molecule has 6 nitrogen and oxygen atoms in total. The van der Waals surface area contributed by atoms with E-state index >= 15 is 0 Å². The Balaban J connectivity index is 1.42. The molecule has 0 fully saturated rings. The third kappa shape index (κ3) is 8.69. The van der Waals surface area contributed by atoms with E-state index in [1.54, 1.807) is 24.3 Å². The Bertz CT molecular complexity index is 1040. The minimum atomic E-state index is -0.179. The number of hydrogen-bond donors (Lipinski definition) is 3. The maximum absolute atomic E-state index is 12.4. The maximum Gasteiger partial charge on any atom is 0.243 e. The van der Waals surface area contributed by atoms with Crippen LogP contribution in [0, 0.1) is 0 Å². The molecule has 0 heterocycles. The fraction of sp³-hybridized carbons (Fsp3) is 0.259. The molecule has 2 amide bonds. The number of benzene rings is 3. The molecule has 3 N–H and O–H groups in total. The van der Waals surface area contributed by atoms with Gasteiger partial charge in [0.05, 0.1) is 13.2 Å². The normalized spacial score (nSPS) is 10.3. The van der Waals surface area contributed by atoms with Gasteiger partial charge in [-0.3, -0.25) is 9.59 Å². The van der Waals surface area contributed by atoms with Crippen molar-refractivity contribution in [1.29, 1.82) is 0 Å². The molecule has 0 unspecified atom stereocenters. The van der Waals surface area contributed by atoms with E-state index in [4.69, 9.17) is 4.74 Å². The summed E-state index contributed by atoms with van der Waals surface area (Å²) in [6, 6.07) is 25.1. The number of nitrogens with one attached hydrogen (secondary N) is 3. The first-order chi connectivity index (χ1) is 16.1. The smallest absolute Gasteiger partial charge is 0.243 e. The lowest BCUT2D eigenvalue weighted by molar-refractivity contribution is -0.116. The molecule has 3 rings (SSSR count). The van der Waals surface area contributed by atoms with Gasteiger partial charge in [0.1, 0.15) is 5.75 Å². The second kappa shape index (κ2) is 12.9. The van der Waals surface area contributed by atoms with Gasteiger partial charge in [0, 0.05) is 29.5 Å². The Labute approximate surface area is 195 Å². The van der Waals surface area contributed by atoms with Crippen molar-refractivity contribution in [2.24, 2.45) is 0 Å². The predicted molar refractivity (Wildman–Crippen MR) is 134 cm³/mol. The number of hydrogen-bond acceptors (Lipinski definition) is 4. The number of rotatable bonds is 12. The van der Waals surface area contributed by atoms with Crippen molar-refractivity contribution < 1.29 is 14.3 Å². The van der Waals surface area contributed by atoms with Gasteiger partial charge in [0.2, 0.25) is 11.8 Å². The third-order valence-electron chi connectivity index (χ3n) is 4.92. The summed E-state index contributed by atoms with van der Waals surface area (Å²) in [4.78, 5) is 24.1. The van der Waals surface area contributed by atoms with Crippen LogP contribution in [0.15, 0.2) is 78.9 Å². The predicted octanol–water partition coefficient (Wildman–Crippen LogP) is 5.49. The van der Waals surface area contributed by atoms with Crippen molar-refractivity contribution in [2.75, 3.05) is 29.1 Å². The highest BCUT2D eigenvalue weighted by atomic mass is 16.5. The highest BCUT2D eigenvalue weighted by molar-refractivity contribution is 5.95. The zero-order valence-corrected chi connectivity index (χ0v) is 19.0. The molecule has 0 saturated heterocycles. The van der Waals surface area contributed by atoms with Crippen LogP contribution < -0.4 is 20.7 Å². The molecule has 0 aliphatic heterocycles. The fourth-order valence-corrected chi connectivity index (χ4v) is 3.32. The molecule has 0 aliphatic rings. The Morgan fingerprint density at radius 3 is 2.24 bits per heavy atom. The molecule has 3 aromatic rings. The number of carbonyl (C=O) groups is 2. The molecule has 0 radical (unpaired) electrons. The molecule has 6 heteroatoms. The minimum absolute atomic E-state index is 0.0372. The lowest BCUT2D eigenvalue weighted by Gasteiger charge is -2.11. The summed E-state index contributed by atoms with van der Waals surface area (Å²) < 4.78 is 5.86. The molecular formula is C27H31N3O3. The van der Waals surface area contributed by atoms with Crippen LogP contribution in [0.2, 0.25) is 0 Å². The Kier molecular flexibility index (Phi) is 9.33. The molecule has 0 saturated carbocycles. The molecule has 33 heavy (non-hydrogen) atoms. The van der Waals surface area contributed by atoms with Crippen LogP contribution in [0.3, 0.4) is 0 Å². The van der Waals surface area contributed by atoms with E-state index in [1.165, 1.54) is 5.56 Å². The van der Waals surface area contributed by atoms with Gasteiger partial charge in [0.25, 0.3) is 0 Å². The van der Waals surface area contributed by atoms with Crippen LogP contribution in [-0.2, 0) is 16.0 Å². The van der Waals surface area contributed by atoms with Crippen LogP contribution >= 0.6 is 0 Å². The van der Waals surface area contributed by atoms with E-state index in [-0.39, 0.29) is 18.4 Å². The molecule has 0 spiro atoms. The van der Waals surface area contributed by atoms with Crippen molar-refractivity contribution in [3.8, 4) is 5.75 Å². The monoisotopic (exact) mass is 445 g/mol. The average Bonchev–Trinajstić information content (AvgIpc) is 2.82. The third-order valence-corrected chi connectivity index (χ3v) is 4.92. The summed E-state index contributed by atoms with van der Waals surface area (Å²) in [6.45, 7) is 2.70. The summed E-state index contributed by atoms with van der Waals surface area (Å²) in [5.41, 5.74) is 3.41. The van der Waals surface area contributed by atoms with E-state index in [0.717, 1.165) is 30.7 Å². The van der Waals surface area contributed by atoms with E-state index in [9.17, 15) is 9.59 Å². The molecule has 172 valence electrons. The van der Waals surface area contributed by atoms with Crippen molar-refractivity contribution in [2.45, 2.75) is 32.6 Å². The van der Waals surface area contributed by atoms with Crippen LogP contribution in [0.4, 0.5) is 17.1 Å². The largest absolute Gasteiger partial charge is 0.494 e. The maximum atomic E-state index is 12.4. The zero-order chi connectivity index (χ0) is 23.3. The number of amides is 2. The van der Waals surface area contributed by atoms with E-state index in [0.29, 0.717) is 24.4 Å². The highest BCUT2D eigenvalue weighted by Crippen LogP contribution is 2.18. The van der Waals surface area contributed by atoms with Gasteiger partial charge in [-0.15, -0.1) is 0 Å². The Hall–Kier alpha value is -3.80. The average molecular weight is 446 g/mol. The summed E-state index contributed by atoms with van der Waals surface area (Å²) >= 11 is 0. The van der Waals surface area contributed by atoms with Gasteiger partial charge in [-0.05, 0) is 55.2 Å². The summed E-state index contributed by atoms with van der Waals surface area (Å²) in [6.07, 6.45) is 3.16. The highest BCUT2D eigenvalue weighted by Gasteiger charge is 2.06. The van der Waals surface area contributed by atoms with Crippen molar-refractivity contribution >= 4 is 28.9 Å². The summed E-state index contributed by atoms with van der Waals surface area (Å²) in [5.74, 6) is 0.551. The topological polar surface area (TPSA) is 79.5 Å². The summed E-state index contributed by atoms with van der Waals surface area (Å²) in [7, 11) is 0. The first-order valence-corrected chi connectivity index (χ1v) is 11.3. The van der Waals surface area contributed by atoms with Gasteiger partial charge in [-0.2, -0.15) is 0 Å². The second-order valence-electron chi connectivity index (χ2n) is 7.75. The van der Waals surface area contributed by atoms with Gasteiger partial charge >= 0.3 is 0 Å². The lowest BCUT2D eigenvalue weighted by Crippen LogP contribution is -2.21. The van der Waals surface area contributed by atoms with Gasteiger partial charge in [-0.25, -0.2) is 0 Å². The molecule has 0 aromatic heterocycles. The van der Waals surface area contributed by atoms with Crippen LogP contribution in [0.1, 0.15) is 31.7 Å². The standard InChI is InChI=1S/C27H31N3O3/c1-2-9-26(31)29-23-14-6-15-24(18-23)30-27(32)20-28-22-13-7-16-25(19-22)33-17-8-12-21-10-4-3-5-11-21/h3-7,10-11,13-16,18-19,28H,2,8-9,12,17,20H2,1H3,(H,29,31)(H,30,32). The molecule has 0 atom stereocenters. The van der Waals surface area contributed by atoms with Crippen LogP contribution in [-0.4, -0.2) is 25.0 Å². The van der Waals surface area contributed by atoms with Crippen LogP contribution in [0.5, 0.6) is 5.75 Å². The van der Waals surface area contributed by atoms with Crippen molar-refractivity contribution in [3.63, 3.8) is 0 Å². The minimum Gasteiger partial charge on any atom is -0.494 e. The quantitative estimate of drug-likeness (QED) is 0.322.